The van der Waals surface area contributed by atoms with Crippen LogP contribution in [0.1, 0.15) is 0 Å². The number of hydrogen-bond acceptors (Lipinski definition) is 6. The molecule has 4 rings (SSSR count). The molecule has 2 aromatic heterocycles. The van der Waals surface area contributed by atoms with E-state index in [2.05, 4.69) is 18.5 Å². The normalized spacial score (nSPS) is 14.9. The van der Waals surface area contributed by atoms with Crippen LogP contribution in [0.25, 0.3) is 21.3 Å². The van der Waals surface area contributed by atoms with Crippen LogP contribution in [0.15, 0.2) is 58.3 Å². The average molecular weight is 441 g/mol. The van der Waals surface area contributed by atoms with Gasteiger partial charge in [0.25, 0.3) is 5.56 Å². The Balaban J connectivity index is 1.63. The number of piperazine rings is 1. The summed E-state index contributed by atoms with van der Waals surface area (Å²) in [6, 6.07) is 9.87. The number of allylic oxidation sites excluding steroid dienone is 1. The molecule has 0 bridgehead atoms. The van der Waals surface area contributed by atoms with E-state index in [1.165, 1.54) is 23.1 Å². The number of thioether (sulfide) groups is 1. The summed E-state index contributed by atoms with van der Waals surface area (Å²) in [5.41, 5.74) is 1.81. The van der Waals surface area contributed by atoms with E-state index in [4.69, 9.17) is 4.98 Å². The first-order valence-electron chi connectivity index (χ1n) is 9.86. The van der Waals surface area contributed by atoms with E-state index in [0.29, 0.717) is 21.9 Å². The van der Waals surface area contributed by atoms with Crippen molar-refractivity contribution < 1.29 is 4.79 Å². The Morgan fingerprint density at radius 2 is 1.97 bits per heavy atom. The van der Waals surface area contributed by atoms with Crippen LogP contribution in [0.5, 0.6) is 0 Å². The summed E-state index contributed by atoms with van der Waals surface area (Å²) in [4.78, 5) is 35.5. The molecule has 0 saturated carbocycles. The summed E-state index contributed by atoms with van der Waals surface area (Å²) in [5, 5.41) is 3.18. The summed E-state index contributed by atoms with van der Waals surface area (Å²) in [6.07, 6.45) is 1.69. The van der Waals surface area contributed by atoms with Gasteiger partial charge in [0.15, 0.2) is 5.16 Å². The highest BCUT2D eigenvalue weighted by Gasteiger charge is 2.21. The summed E-state index contributed by atoms with van der Waals surface area (Å²) in [5.74, 6) is 0.360. The number of thiophene rings is 1. The minimum absolute atomic E-state index is 0.0868. The largest absolute Gasteiger partial charge is 0.339 e. The highest BCUT2D eigenvalue weighted by Crippen LogP contribution is 2.32. The van der Waals surface area contributed by atoms with Gasteiger partial charge in [-0.05, 0) is 12.6 Å². The van der Waals surface area contributed by atoms with Gasteiger partial charge in [-0.3, -0.25) is 14.2 Å². The molecule has 0 atom stereocenters. The smallest absolute Gasteiger partial charge is 0.263 e. The predicted molar refractivity (Wildman–Crippen MR) is 124 cm³/mol. The minimum Gasteiger partial charge on any atom is -0.339 e. The summed E-state index contributed by atoms with van der Waals surface area (Å²) in [7, 11) is 2.06. The third-order valence-electron chi connectivity index (χ3n) is 5.24. The van der Waals surface area contributed by atoms with E-state index in [1.54, 1.807) is 10.6 Å². The van der Waals surface area contributed by atoms with Crippen LogP contribution >= 0.6 is 23.1 Å². The number of carbonyl (C=O) groups excluding carboxylic acids is 1. The van der Waals surface area contributed by atoms with Crippen molar-refractivity contribution in [2.24, 2.45) is 0 Å². The van der Waals surface area contributed by atoms with Gasteiger partial charge in [-0.15, -0.1) is 17.9 Å². The standard InChI is InChI=1S/C22H24N4O2S2/c1-3-9-26-21(28)19-17(16-7-5-4-6-8-16)14-29-20(19)23-22(26)30-15-18(27)25-12-10-24(2)11-13-25/h3-8,14H,1,9-13,15H2,2H3. The van der Waals surface area contributed by atoms with Gasteiger partial charge in [0.1, 0.15) is 4.83 Å². The maximum Gasteiger partial charge on any atom is 0.263 e. The van der Waals surface area contributed by atoms with Crippen molar-refractivity contribution >= 4 is 39.2 Å². The number of amides is 1. The lowest BCUT2D eigenvalue weighted by atomic mass is 10.1. The molecule has 8 heteroatoms. The van der Waals surface area contributed by atoms with Crippen LogP contribution in [0.3, 0.4) is 0 Å². The molecular formula is C22H24N4O2S2. The van der Waals surface area contributed by atoms with Crippen molar-refractivity contribution in [1.29, 1.82) is 0 Å². The molecule has 1 fully saturated rings. The van der Waals surface area contributed by atoms with E-state index in [9.17, 15) is 9.59 Å². The molecule has 3 heterocycles. The summed E-state index contributed by atoms with van der Waals surface area (Å²) < 4.78 is 1.62. The van der Waals surface area contributed by atoms with Crippen molar-refractivity contribution in [2.45, 2.75) is 11.7 Å². The second-order valence-corrected chi connectivity index (χ2v) is 9.07. The molecule has 1 aliphatic rings. The molecule has 0 spiro atoms. The molecule has 1 amide bonds. The van der Waals surface area contributed by atoms with Crippen molar-refractivity contribution in [3.63, 3.8) is 0 Å². The van der Waals surface area contributed by atoms with Gasteiger partial charge in [-0.25, -0.2) is 4.98 Å². The van der Waals surface area contributed by atoms with Gasteiger partial charge in [-0.2, -0.15) is 0 Å². The first-order valence-corrected chi connectivity index (χ1v) is 11.7. The lowest BCUT2D eigenvalue weighted by Gasteiger charge is -2.32. The number of hydrogen-bond donors (Lipinski definition) is 0. The molecule has 6 nitrogen and oxygen atoms in total. The van der Waals surface area contributed by atoms with Gasteiger partial charge in [0, 0.05) is 43.7 Å². The molecule has 1 saturated heterocycles. The zero-order chi connectivity index (χ0) is 21.1. The average Bonchev–Trinajstić information content (AvgIpc) is 3.19. The van der Waals surface area contributed by atoms with E-state index in [0.717, 1.165) is 37.3 Å². The predicted octanol–water partition coefficient (Wildman–Crippen LogP) is 3.18. The highest BCUT2D eigenvalue weighted by molar-refractivity contribution is 7.99. The van der Waals surface area contributed by atoms with Gasteiger partial charge in [-0.1, -0.05) is 48.2 Å². The minimum atomic E-state index is -0.0884. The van der Waals surface area contributed by atoms with Crippen molar-refractivity contribution in [3.8, 4) is 11.1 Å². The molecule has 0 unspecified atom stereocenters. The first kappa shape index (κ1) is 20.8. The number of likely N-dealkylation sites (N-methyl/N-ethyl adjacent to an activating group) is 1. The lowest BCUT2D eigenvalue weighted by Crippen LogP contribution is -2.47. The van der Waals surface area contributed by atoms with Crippen molar-refractivity contribution in [2.75, 3.05) is 39.0 Å². The van der Waals surface area contributed by atoms with Crippen LogP contribution in [-0.2, 0) is 11.3 Å². The van der Waals surface area contributed by atoms with Gasteiger partial charge < -0.3 is 9.80 Å². The van der Waals surface area contributed by atoms with Crippen LogP contribution in [-0.4, -0.2) is 64.2 Å². The van der Waals surface area contributed by atoms with E-state index in [1.807, 2.05) is 40.6 Å². The Hall–Kier alpha value is -2.42. The van der Waals surface area contributed by atoms with Crippen LogP contribution < -0.4 is 5.56 Å². The molecule has 156 valence electrons. The molecule has 30 heavy (non-hydrogen) atoms. The van der Waals surface area contributed by atoms with E-state index < -0.39 is 0 Å². The van der Waals surface area contributed by atoms with Gasteiger partial charge in [0.05, 0.1) is 11.1 Å². The van der Waals surface area contributed by atoms with Gasteiger partial charge in [0.2, 0.25) is 5.91 Å². The van der Waals surface area contributed by atoms with Crippen molar-refractivity contribution in [3.05, 3.63) is 58.7 Å². The Bertz CT molecular complexity index is 1120. The summed E-state index contributed by atoms with van der Waals surface area (Å²) in [6.45, 7) is 7.41. The molecule has 1 aromatic carbocycles. The van der Waals surface area contributed by atoms with Crippen LogP contribution in [0, 0.1) is 0 Å². The molecule has 1 aliphatic heterocycles. The Kier molecular flexibility index (Phi) is 6.36. The Morgan fingerprint density at radius 1 is 1.23 bits per heavy atom. The number of aromatic nitrogens is 2. The molecule has 3 aromatic rings. The maximum atomic E-state index is 13.3. The molecule has 0 N–H and O–H groups in total. The number of carbonyl (C=O) groups is 1. The third-order valence-corrected chi connectivity index (χ3v) is 7.07. The molecule has 0 radical (unpaired) electrons. The fraction of sp³-hybridized carbons (Fsp3) is 0.318. The molecule has 0 aliphatic carbocycles. The van der Waals surface area contributed by atoms with Crippen molar-refractivity contribution in [1.82, 2.24) is 19.4 Å². The maximum absolute atomic E-state index is 13.3. The Morgan fingerprint density at radius 3 is 2.67 bits per heavy atom. The van der Waals surface area contributed by atoms with Crippen LogP contribution in [0.2, 0.25) is 0 Å². The quantitative estimate of drug-likeness (QED) is 0.335. The second kappa shape index (κ2) is 9.16. The summed E-state index contributed by atoms with van der Waals surface area (Å²) >= 11 is 2.79. The zero-order valence-corrected chi connectivity index (χ0v) is 18.5. The molecular weight excluding hydrogens is 416 g/mol. The number of fused-ring (bicyclic) bond motifs is 1. The Labute approximate surface area is 183 Å². The van der Waals surface area contributed by atoms with E-state index >= 15 is 0 Å². The fourth-order valence-electron chi connectivity index (χ4n) is 3.51. The number of nitrogens with zero attached hydrogens (tertiary/aromatic N) is 4. The first-order chi connectivity index (χ1) is 14.6. The topological polar surface area (TPSA) is 58.4 Å². The highest BCUT2D eigenvalue weighted by atomic mass is 32.2. The lowest BCUT2D eigenvalue weighted by molar-refractivity contribution is -0.129. The van der Waals surface area contributed by atoms with E-state index in [-0.39, 0.29) is 17.2 Å². The second-order valence-electron chi connectivity index (χ2n) is 7.27. The zero-order valence-electron chi connectivity index (χ0n) is 16.9. The monoisotopic (exact) mass is 440 g/mol. The number of rotatable bonds is 6. The number of benzene rings is 1. The SMILES string of the molecule is C=CCn1c(SCC(=O)N2CCN(C)CC2)nc2scc(-c3ccccc3)c2c1=O. The fourth-order valence-corrected chi connectivity index (χ4v) is 5.41. The third kappa shape index (κ3) is 4.21. The van der Waals surface area contributed by atoms with Gasteiger partial charge >= 0.3 is 0 Å². The van der Waals surface area contributed by atoms with Crippen LogP contribution in [0.4, 0.5) is 0 Å².